The van der Waals surface area contributed by atoms with Crippen LogP contribution in [0.15, 0.2) is 94.7 Å². The number of hydrogen-bond acceptors (Lipinski definition) is 4. The summed E-state index contributed by atoms with van der Waals surface area (Å²) in [7, 11) is 0. The van der Waals surface area contributed by atoms with E-state index >= 15 is 0 Å². The Morgan fingerprint density at radius 2 is 1.56 bits per heavy atom. The standard InChI is InChI=1S/C27H26N2O2S/c1-4-24(21-11-7-5-8-12-21)27(30)31-26-25(32-23-17-15-19(2)16-18-23)20(3)28-29(26)22-13-9-6-10-14-22/h5-18,24H,4H2,1-3H3. The molecule has 0 aliphatic heterocycles. The van der Waals surface area contributed by atoms with E-state index in [0.717, 1.165) is 26.7 Å². The Morgan fingerprint density at radius 3 is 2.19 bits per heavy atom. The number of para-hydroxylation sites is 1. The number of rotatable bonds is 7. The second-order valence-electron chi connectivity index (χ2n) is 7.67. The van der Waals surface area contributed by atoms with Gasteiger partial charge in [-0.2, -0.15) is 9.78 Å². The van der Waals surface area contributed by atoms with Crippen molar-refractivity contribution < 1.29 is 9.53 Å². The van der Waals surface area contributed by atoms with Gasteiger partial charge in [-0.3, -0.25) is 4.79 Å². The number of esters is 1. The number of aromatic nitrogens is 2. The third kappa shape index (κ3) is 4.78. The molecule has 0 bridgehead atoms. The van der Waals surface area contributed by atoms with Gasteiger partial charge in [0, 0.05) is 4.90 Å². The van der Waals surface area contributed by atoms with Crippen LogP contribution >= 0.6 is 11.8 Å². The van der Waals surface area contributed by atoms with E-state index < -0.39 is 0 Å². The molecule has 0 fully saturated rings. The first-order valence-electron chi connectivity index (χ1n) is 10.7. The van der Waals surface area contributed by atoms with Gasteiger partial charge in [-0.05, 0) is 50.1 Å². The average molecular weight is 443 g/mol. The van der Waals surface area contributed by atoms with Gasteiger partial charge in [0.05, 0.1) is 22.2 Å². The molecule has 4 aromatic rings. The number of hydrogen-bond donors (Lipinski definition) is 0. The lowest BCUT2D eigenvalue weighted by molar-refractivity contribution is -0.136. The second-order valence-corrected chi connectivity index (χ2v) is 8.76. The van der Waals surface area contributed by atoms with E-state index in [1.165, 1.54) is 5.56 Å². The Kier molecular flexibility index (Phi) is 6.76. The molecule has 1 atom stereocenters. The van der Waals surface area contributed by atoms with Gasteiger partial charge in [0.2, 0.25) is 5.88 Å². The molecule has 0 spiro atoms. The highest BCUT2D eigenvalue weighted by molar-refractivity contribution is 7.99. The number of aryl methyl sites for hydroxylation is 2. The summed E-state index contributed by atoms with van der Waals surface area (Å²) in [5.41, 5.74) is 3.82. The van der Waals surface area contributed by atoms with Crippen LogP contribution in [0.25, 0.3) is 5.69 Å². The molecule has 0 radical (unpaired) electrons. The van der Waals surface area contributed by atoms with Crippen LogP contribution in [0.4, 0.5) is 0 Å². The Labute approximate surface area is 193 Å². The lowest BCUT2D eigenvalue weighted by Gasteiger charge is -2.16. The van der Waals surface area contributed by atoms with E-state index in [1.807, 2.05) is 74.5 Å². The third-order valence-corrected chi connectivity index (χ3v) is 6.48. The van der Waals surface area contributed by atoms with Gasteiger partial charge in [0.1, 0.15) is 0 Å². The van der Waals surface area contributed by atoms with Crippen molar-refractivity contribution in [2.24, 2.45) is 0 Å². The zero-order valence-corrected chi connectivity index (χ0v) is 19.3. The first-order valence-corrected chi connectivity index (χ1v) is 11.5. The molecule has 162 valence electrons. The molecule has 3 aromatic carbocycles. The Balaban J connectivity index is 1.74. The molecule has 0 amide bonds. The third-order valence-electron chi connectivity index (χ3n) is 5.30. The fourth-order valence-electron chi connectivity index (χ4n) is 3.56. The molecule has 5 heteroatoms. The fraction of sp³-hybridized carbons (Fsp3) is 0.185. The normalized spacial score (nSPS) is 11.8. The lowest BCUT2D eigenvalue weighted by atomic mass is 9.97. The quantitative estimate of drug-likeness (QED) is 0.297. The summed E-state index contributed by atoms with van der Waals surface area (Å²) in [4.78, 5) is 15.2. The minimum Gasteiger partial charge on any atom is -0.406 e. The second kappa shape index (κ2) is 9.88. The summed E-state index contributed by atoms with van der Waals surface area (Å²) in [6, 6.07) is 27.8. The van der Waals surface area contributed by atoms with Crippen molar-refractivity contribution in [3.8, 4) is 11.6 Å². The van der Waals surface area contributed by atoms with E-state index in [1.54, 1.807) is 16.4 Å². The van der Waals surface area contributed by atoms with Crippen LogP contribution in [-0.4, -0.2) is 15.7 Å². The van der Waals surface area contributed by atoms with E-state index in [-0.39, 0.29) is 11.9 Å². The van der Waals surface area contributed by atoms with Gasteiger partial charge >= 0.3 is 5.97 Å². The average Bonchev–Trinajstić information content (AvgIpc) is 3.12. The molecule has 0 saturated heterocycles. The summed E-state index contributed by atoms with van der Waals surface area (Å²) in [5, 5.41) is 4.72. The topological polar surface area (TPSA) is 44.1 Å². The number of carbonyl (C=O) groups excluding carboxylic acids is 1. The number of ether oxygens (including phenoxy) is 1. The van der Waals surface area contributed by atoms with E-state index in [9.17, 15) is 4.79 Å². The van der Waals surface area contributed by atoms with Crippen molar-refractivity contribution in [1.82, 2.24) is 9.78 Å². The maximum absolute atomic E-state index is 13.3. The lowest BCUT2D eigenvalue weighted by Crippen LogP contribution is -2.20. The Bertz CT molecular complexity index is 1190. The summed E-state index contributed by atoms with van der Waals surface area (Å²) >= 11 is 1.56. The molecule has 0 saturated carbocycles. The number of nitrogens with zero attached hydrogens (tertiary/aromatic N) is 2. The molecule has 0 aliphatic rings. The zero-order chi connectivity index (χ0) is 22.5. The highest BCUT2D eigenvalue weighted by atomic mass is 32.2. The molecular weight excluding hydrogens is 416 g/mol. The summed E-state index contributed by atoms with van der Waals surface area (Å²) in [6.07, 6.45) is 0.655. The van der Waals surface area contributed by atoms with Crippen molar-refractivity contribution in [3.63, 3.8) is 0 Å². The summed E-state index contributed by atoms with van der Waals surface area (Å²) < 4.78 is 7.82. The van der Waals surface area contributed by atoms with Gasteiger partial charge < -0.3 is 4.74 Å². The van der Waals surface area contributed by atoms with E-state index in [4.69, 9.17) is 9.84 Å². The monoisotopic (exact) mass is 442 g/mol. The van der Waals surface area contributed by atoms with Crippen LogP contribution < -0.4 is 4.74 Å². The first kappa shape index (κ1) is 21.9. The van der Waals surface area contributed by atoms with Gasteiger partial charge in [-0.25, -0.2) is 0 Å². The van der Waals surface area contributed by atoms with Crippen molar-refractivity contribution in [2.45, 2.75) is 42.9 Å². The van der Waals surface area contributed by atoms with Crippen molar-refractivity contribution >= 4 is 17.7 Å². The zero-order valence-electron chi connectivity index (χ0n) is 18.5. The molecule has 0 N–H and O–H groups in total. The largest absolute Gasteiger partial charge is 0.406 e. The smallest absolute Gasteiger partial charge is 0.320 e. The summed E-state index contributed by atoms with van der Waals surface area (Å²) in [5.74, 6) is -0.159. The molecule has 32 heavy (non-hydrogen) atoms. The predicted molar refractivity (Wildman–Crippen MR) is 129 cm³/mol. The fourth-order valence-corrected chi connectivity index (χ4v) is 4.47. The Hall–Kier alpha value is -3.31. The molecular formula is C27H26N2O2S. The summed E-state index contributed by atoms with van der Waals surface area (Å²) in [6.45, 7) is 6.01. The van der Waals surface area contributed by atoms with Crippen molar-refractivity contribution in [1.29, 1.82) is 0 Å². The van der Waals surface area contributed by atoms with Gasteiger partial charge in [-0.15, -0.1) is 0 Å². The highest BCUT2D eigenvalue weighted by Gasteiger charge is 2.26. The van der Waals surface area contributed by atoms with Crippen LogP contribution in [0.2, 0.25) is 0 Å². The van der Waals surface area contributed by atoms with Crippen LogP contribution in [0.1, 0.15) is 36.1 Å². The van der Waals surface area contributed by atoms with Crippen LogP contribution in [-0.2, 0) is 4.79 Å². The SMILES string of the molecule is CCC(C(=O)Oc1c(Sc2ccc(C)cc2)c(C)nn1-c1ccccc1)c1ccccc1. The first-order chi connectivity index (χ1) is 15.6. The van der Waals surface area contributed by atoms with Crippen molar-refractivity contribution in [2.75, 3.05) is 0 Å². The number of benzene rings is 3. The molecule has 1 aromatic heterocycles. The minimum absolute atomic E-state index is 0.276. The minimum atomic E-state index is -0.340. The van der Waals surface area contributed by atoms with Crippen LogP contribution in [0.5, 0.6) is 5.88 Å². The molecule has 4 rings (SSSR count). The van der Waals surface area contributed by atoms with Gasteiger partial charge in [-0.1, -0.05) is 84.9 Å². The molecule has 4 nitrogen and oxygen atoms in total. The van der Waals surface area contributed by atoms with E-state index in [2.05, 4.69) is 31.2 Å². The molecule has 0 aliphatic carbocycles. The van der Waals surface area contributed by atoms with Crippen molar-refractivity contribution in [3.05, 3.63) is 102 Å². The van der Waals surface area contributed by atoms with Crippen LogP contribution in [0.3, 0.4) is 0 Å². The maximum atomic E-state index is 13.3. The van der Waals surface area contributed by atoms with E-state index in [0.29, 0.717) is 12.3 Å². The van der Waals surface area contributed by atoms with Gasteiger partial charge in [0.15, 0.2) is 0 Å². The molecule has 1 heterocycles. The number of carbonyl (C=O) groups is 1. The van der Waals surface area contributed by atoms with Crippen LogP contribution in [0, 0.1) is 13.8 Å². The van der Waals surface area contributed by atoms with Gasteiger partial charge in [0.25, 0.3) is 0 Å². The predicted octanol–water partition coefficient (Wildman–Crippen LogP) is 6.74. The Morgan fingerprint density at radius 1 is 0.938 bits per heavy atom. The maximum Gasteiger partial charge on any atom is 0.320 e. The molecule has 1 unspecified atom stereocenters. The highest BCUT2D eigenvalue weighted by Crippen LogP contribution is 2.39.